The molecule has 0 aromatic carbocycles. The Labute approximate surface area is 319 Å². The Morgan fingerprint density at radius 3 is 1.89 bits per heavy atom. The van der Waals surface area contributed by atoms with Crippen LogP contribution in [0, 0.1) is 34.5 Å². The van der Waals surface area contributed by atoms with Gasteiger partial charge in [-0.2, -0.15) is 0 Å². The maximum Gasteiger partial charge on any atom is 0.331 e. The molecule has 0 spiro atoms. The number of ether oxygens (including phenoxy) is 7. The number of rotatable bonds is 7. The van der Waals surface area contributed by atoms with Crippen molar-refractivity contribution >= 4 is 5.97 Å². The van der Waals surface area contributed by atoms with Crippen molar-refractivity contribution in [2.45, 2.75) is 197 Å². The van der Waals surface area contributed by atoms with Crippen molar-refractivity contribution in [3.8, 4) is 0 Å². The van der Waals surface area contributed by atoms with Crippen LogP contribution in [0.15, 0.2) is 11.6 Å². The first-order valence-electron chi connectivity index (χ1n) is 20.8. The SMILES string of the molecule is C[C@@H]1O[C@@H](O[C@H]2[C@H](O)C[C@H](O[C@H]3[C@H](O)C[C@H](O[C@H]4CC[C@@]5(C)[C@H](CC[C@@H]6[C@@H]5CC[C@]5(C)[C@@H](C7=CC(=O)OC7)CC[C@]65O)C4)O[C@@H]3C)O[C@H]2C)C[C@H](O)[C@@H]1O. The van der Waals surface area contributed by atoms with Gasteiger partial charge in [0.15, 0.2) is 18.9 Å². The van der Waals surface area contributed by atoms with Crippen LogP contribution in [0.3, 0.4) is 0 Å². The molecular formula is C41H64O13. The second-order valence-electron chi connectivity index (χ2n) is 18.7. The molecule has 8 rings (SSSR count). The van der Waals surface area contributed by atoms with Gasteiger partial charge in [-0.15, -0.1) is 0 Å². The molecule has 0 amide bonds. The molecule has 0 bridgehead atoms. The van der Waals surface area contributed by atoms with Crippen LogP contribution in [0.25, 0.3) is 0 Å². The van der Waals surface area contributed by atoms with Crippen molar-refractivity contribution in [2.24, 2.45) is 34.5 Å². The zero-order valence-electron chi connectivity index (χ0n) is 32.6. The fraction of sp³-hybridized carbons (Fsp3) is 0.927. The normalized spacial score (nSPS) is 55.0. The van der Waals surface area contributed by atoms with E-state index in [1.165, 1.54) is 0 Å². The van der Waals surface area contributed by atoms with Gasteiger partial charge in [0.1, 0.15) is 24.9 Å². The Morgan fingerprint density at radius 1 is 0.685 bits per heavy atom. The van der Waals surface area contributed by atoms with Crippen LogP contribution in [0.1, 0.15) is 112 Å². The molecule has 54 heavy (non-hydrogen) atoms. The summed E-state index contributed by atoms with van der Waals surface area (Å²) in [6, 6.07) is 0. The number of hydrogen-bond acceptors (Lipinski definition) is 13. The summed E-state index contributed by atoms with van der Waals surface area (Å²) in [5.41, 5.74) is 0.215. The van der Waals surface area contributed by atoms with E-state index in [4.69, 9.17) is 33.2 Å². The standard InChI is InChI=1S/C41H64O13/c1-20-36(46)29(42)16-34(49-20)53-38-22(3)51-35(18-31(38)44)54-37-21(2)50-33(17-30(37)43)52-25-8-11-39(4)24(15-25)6-7-28-27(39)9-12-40(5)26(10-13-41(28,40)47)23-14-32(45)48-19-23/h14,20-22,24-31,33-38,42-44,46-47H,6-13,15-19H2,1-5H3/t20-,21+,22-,24+,25-,26+,27-,28+,29-,30+,31+,33-,34-,35-,36+,37+,38+,39-,40+,41-/m0/s1. The van der Waals surface area contributed by atoms with Crippen LogP contribution >= 0.6 is 0 Å². The predicted molar refractivity (Wildman–Crippen MR) is 191 cm³/mol. The van der Waals surface area contributed by atoms with Gasteiger partial charge in [0.05, 0.1) is 48.3 Å². The van der Waals surface area contributed by atoms with E-state index in [9.17, 15) is 30.3 Å². The van der Waals surface area contributed by atoms with Gasteiger partial charge in [0, 0.05) is 30.8 Å². The molecule has 4 aliphatic carbocycles. The first-order chi connectivity index (χ1) is 25.6. The van der Waals surface area contributed by atoms with E-state index in [0.717, 1.165) is 63.4 Å². The lowest BCUT2D eigenvalue weighted by Crippen LogP contribution is -2.62. The van der Waals surface area contributed by atoms with E-state index in [2.05, 4.69) is 13.8 Å². The van der Waals surface area contributed by atoms with Crippen LogP contribution in [-0.2, 0) is 38.0 Å². The van der Waals surface area contributed by atoms with Crippen molar-refractivity contribution in [3.05, 3.63) is 11.6 Å². The van der Waals surface area contributed by atoms with Crippen LogP contribution in [0.2, 0.25) is 0 Å². The first kappa shape index (κ1) is 39.6. The minimum Gasteiger partial charge on any atom is -0.458 e. The molecule has 0 radical (unpaired) electrons. The number of aliphatic hydroxyl groups excluding tert-OH is 4. The van der Waals surface area contributed by atoms with Crippen molar-refractivity contribution in [1.82, 2.24) is 0 Å². The van der Waals surface area contributed by atoms with Crippen molar-refractivity contribution < 1.29 is 63.5 Å². The van der Waals surface area contributed by atoms with Crippen molar-refractivity contribution in [2.75, 3.05) is 6.61 Å². The Hall–Kier alpha value is -1.23. The summed E-state index contributed by atoms with van der Waals surface area (Å²) < 4.78 is 42.2. The maximum atomic E-state index is 12.6. The molecule has 20 atom stereocenters. The lowest BCUT2D eigenvalue weighted by Gasteiger charge is -2.64. The monoisotopic (exact) mass is 764 g/mol. The number of cyclic esters (lactones) is 1. The molecule has 3 saturated heterocycles. The van der Waals surface area contributed by atoms with E-state index >= 15 is 0 Å². The quantitative estimate of drug-likeness (QED) is 0.188. The highest BCUT2D eigenvalue weighted by Gasteiger charge is 2.68. The smallest absolute Gasteiger partial charge is 0.331 e. The highest BCUT2D eigenvalue weighted by atomic mass is 16.7. The van der Waals surface area contributed by atoms with E-state index in [1.807, 2.05) is 6.92 Å². The van der Waals surface area contributed by atoms with E-state index in [0.29, 0.717) is 18.4 Å². The van der Waals surface area contributed by atoms with Gasteiger partial charge in [-0.05, 0) is 113 Å². The van der Waals surface area contributed by atoms with E-state index in [-0.39, 0.29) is 54.0 Å². The van der Waals surface area contributed by atoms with Gasteiger partial charge in [-0.25, -0.2) is 4.79 Å². The summed E-state index contributed by atoms with van der Waals surface area (Å²) in [7, 11) is 0. The highest BCUT2D eigenvalue weighted by Crippen LogP contribution is 2.70. The average molecular weight is 765 g/mol. The Balaban J connectivity index is 0.826. The Kier molecular flexibility index (Phi) is 10.9. The first-order valence-corrected chi connectivity index (χ1v) is 20.8. The fourth-order valence-corrected chi connectivity index (χ4v) is 12.8. The number of carbonyl (C=O) groups is 1. The topological polar surface area (TPSA) is 183 Å². The molecule has 7 fully saturated rings. The second kappa shape index (κ2) is 14.9. The minimum absolute atomic E-state index is 0.0243. The summed E-state index contributed by atoms with van der Waals surface area (Å²) >= 11 is 0. The minimum atomic E-state index is -0.996. The molecule has 0 aromatic rings. The van der Waals surface area contributed by atoms with E-state index in [1.54, 1.807) is 19.9 Å². The van der Waals surface area contributed by atoms with Gasteiger partial charge < -0.3 is 58.7 Å². The molecule has 0 unspecified atom stereocenters. The highest BCUT2D eigenvalue weighted by molar-refractivity contribution is 5.85. The summed E-state index contributed by atoms with van der Waals surface area (Å²) in [4.78, 5) is 11.9. The predicted octanol–water partition coefficient (Wildman–Crippen LogP) is 3.25. The Bertz CT molecular complexity index is 1370. The van der Waals surface area contributed by atoms with Gasteiger partial charge in [-0.3, -0.25) is 0 Å². The zero-order valence-corrected chi connectivity index (χ0v) is 32.6. The number of esters is 1. The lowest BCUT2D eigenvalue weighted by atomic mass is 9.43. The fourth-order valence-electron chi connectivity index (χ4n) is 12.8. The molecule has 4 heterocycles. The molecule has 4 saturated carbocycles. The molecule has 13 nitrogen and oxygen atoms in total. The number of carbonyl (C=O) groups excluding carboxylic acids is 1. The van der Waals surface area contributed by atoms with Gasteiger partial charge >= 0.3 is 5.97 Å². The van der Waals surface area contributed by atoms with Crippen LogP contribution in [-0.4, -0.2) is 124 Å². The maximum absolute atomic E-state index is 12.6. The number of hydrogen-bond donors (Lipinski definition) is 5. The molecule has 5 N–H and O–H groups in total. The average Bonchev–Trinajstić information content (AvgIpc) is 3.66. The zero-order chi connectivity index (χ0) is 38.3. The number of aliphatic hydroxyl groups is 5. The summed E-state index contributed by atoms with van der Waals surface area (Å²) in [6.07, 6.45) is 1.90. The second-order valence-corrected chi connectivity index (χ2v) is 18.7. The summed E-state index contributed by atoms with van der Waals surface area (Å²) in [5.74, 6) is 1.13. The lowest BCUT2D eigenvalue weighted by molar-refractivity contribution is -0.336. The third-order valence-corrected chi connectivity index (χ3v) is 15.9. The molecule has 0 aromatic heterocycles. The molecule has 13 heteroatoms. The summed E-state index contributed by atoms with van der Waals surface area (Å²) in [6.45, 7) is 10.4. The number of fused-ring (bicyclic) bond motifs is 5. The molecule has 306 valence electrons. The summed E-state index contributed by atoms with van der Waals surface area (Å²) in [5, 5.41) is 55.0. The van der Waals surface area contributed by atoms with Crippen LogP contribution < -0.4 is 0 Å². The van der Waals surface area contributed by atoms with Crippen LogP contribution in [0.4, 0.5) is 0 Å². The van der Waals surface area contributed by atoms with Gasteiger partial charge in [0.25, 0.3) is 0 Å². The van der Waals surface area contributed by atoms with Crippen LogP contribution in [0.5, 0.6) is 0 Å². The largest absolute Gasteiger partial charge is 0.458 e. The molecular weight excluding hydrogens is 700 g/mol. The van der Waals surface area contributed by atoms with Gasteiger partial charge in [0.2, 0.25) is 0 Å². The third-order valence-electron chi connectivity index (χ3n) is 15.9. The molecule has 4 aliphatic heterocycles. The Morgan fingerprint density at radius 2 is 1.30 bits per heavy atom. The van der Waals surface area contributed by atoms with Crippen molar-refractivity contribution in [1.29, 1.82) is 0 Å². The van der Waals surface area contributed by atoms with Gasteiger partial charge in [-0.1, -0.05) is 13.8 Å². The van der Waals surface area contributed by atoms with E-state index < -0.39 is 79.4 Å². The van der Waals surface area contributed by atoms with Crippen molar-refractivity contribution in [3.63, 3.8) is 0 Å². The third kappa shape index (κ3) is 6.82. The molecule has 8 aliphatic rings.